The average Bonchev–Trinajstić information content (AvgIpc) is 2.73. The third kappa shape index (κ3) is 11.1. The Labute approximate surface area is 236 Å². The van der Waals surface area contributed by atoms with Gasteiger partial charge in [-0.25, -0.2) is 0 Å². The van der Waals surface area contributed by atoms with E-state index in [0.29, 0.717) is 17.7 Å². The maximum atomic E-state index is 12.0. The summed E-state index contributed by atoms with van der Waals surface area (Å²) >= 11 is 0. The van der Waals surface area contributed by atoms with Gasteiger partial charge in [0.25, 0.3) is 10.1 Å². The second-order valence-electron chi connectivity index (χ2n) is 8.08. The molecule has 0 fully saturated rings. The van der Waals surface area contributed by atoms with Gasteiger partial charge in [-0.15, -0.1) is 0 Å². The topological polar surface area (TPSA) is 86.7 Å². The number of hydrogen-bond donors (Lipinski definition) is 1. The van der Waals surface area contributed by atoms with E-state index in [-0.39, 0.29) is 67.8 Å². The fourth-order valence-electron chi connectivity index (χ4n) is 3.64. The van der Waals surface area contributed by atoms with Crippen molar-refractivity contribution in [1.29, 1.82) is 0 Å². The van der Waals surface area contributed by atoms with Gasteiger partial charge in [-0.3, -0.25) is 4.55 Å². The molecule has 172 valence electrons. The zero-order valence-electron chi connectivity index (χ0n) is 19.5. The van der Waals surface area contributed by atoms with Crippen molar-refractivity contribution >= 4 is 10.1 Å². The fraction of sp³-hybridized carbons (Fsp3) is 0.520. The number of benzene rings is 2. The number of hydrogen-bond acceptors (Lipinski definition) is 4. The first-order chi connectivity index (χ1) is 14.9. The first kappa shape index (κ1) is 29.6. The quantitative estimate of drug-likeness (QED) is 0.236. The van der Waals surface area contributed by atoms with Gasteiger partial charge in [0.1, 0.15) is 11.5 Å². The minimum absolute atomic E-state index is 0. The molecule has 0 amide bonds. The SMILES string of the molecule is CCCCCCCCCCCCCc1cc(S(=O)(=O)O)ccc1Oc1ccccc1[O-].[K+]. The Balaban J connectivity index is 0.00000512. The maximum Gasteiger partial charge on any atom is 1.00 e. The first-order valence-corrected chi connectivity index (χ1v) is 12.9. The molecular formula is C25H35KO5S. The zero-order chi connectivity index (χ0) is 22.5. The van der Waals surface area contributed by atoms with Gasteiger partial charge in [0.2, 0.25) is 0 Å². The summed E-state index contributed by atoms with van der Waals surface area (Å²) in [5.74, 6) is 0.409. The van der Waals surface area contributed by atoms with Gasteiger partial charge in [-0.05, 0) is 42.7 Å². The predicted octanol–water partition coefficient (Wildman–Crippen LogP) is 3.66. The van der Waals surface area contributed by atoms with Crippen molar-refractivity contribution < 1.29 is 74.2 Å². The summed E-state index contributed by atoms with van der Waals surface area (Å²) in [4.78, 5) is -0.159. The average molecular weight is 487 g/mol. The Morgan fingerprint density at radius 3 is 1.94 bits per heavy atom. The van der Waals surface area contributed by atoms with Crippen molar-refractivity contribution in [2.24, 2.45) is 0 Å². The third-order valence-corrected chi connectivity index (χ3v) is 6.30. The van der Waals surface area contributed by atoms with E-state index in [9.17, 15) is 18.1 Å². The van der Waals surface area contributed by atoms with Crippen molar-refractivity contribution in [3.05, 3.63) is 48.0 Å². The standard InChI is InChI=1S/C25H36O5S.K/c1-2-3-4-5-6-7-8-9-10-11-12-15-21-20-22(31(27,28)29)18-19-24(21)30-25-17-14-13-16-23(25)26;/h13-14,16-20,26H,2-12,15H2,1H3,(H,27,28,29);/q;+1/p-1. The number of rotatable bonds is 15. The van der Waals surface area contributed by atoms with E-state index in [1.54, 1.807) is 18.2 Å². The Bertz CT molecular complexity index is 899. The van der Waals surface area contributed by atoms with E-state index in [0.717, 1.165) is 19.3 Å². The monoisotopic (exact) mass is 486 g/mol. The van der Waals surface area contributed by atoms with E-state index in [1.807, 2.05) is 0 Å². The van der Waals surface area contributed by atoms with Gasteiger partial charge in [0.05, 0.1) is 4.90 Å². The van der Waals surface area contributed by atoms with Crippen molar-refractivity contribution in [2.45, 2.75) is 88.9 Å². The molecule has 0 aromatic heterocycles. The molecule has 2 rings (SSSR count). The zero-order valence-corrected chi connectivity index (χ0v) is 23.5. The van der Waals surface area contributed by atoms with E-state index in [4.69, 9.17) is 4.74 Å². The van der Waals surface area contributed by atoms with Crippen LogP contribution in [0.1, 0.15) is 83.1 Å². The number of unbranched alkanes of at least 4 members (excludes halogenated alkanes) is 10. The molecular weight excluding hydrogens is 451 g/mol. The van der Waals surface area contributed by atoms with Crippen LogP contribution in [0.3, 0.4) is 0 Å². The normalized spacial score (nSPS) is 11.2. The molecule has 0 aliphatic heterocycles. The fourth-order valence-corrected chi connectivity index (χ4v) is 4.18. The summed E-state index contributed by atoms with van der Waals surface area (Å²) in [6.45, 7) is 2.23. The van der Waals surface area contributed by atoms with Crippen molar-refractivity contribution in [3.8, 4) is 17.2 Å². The third-order valence-electron chi connectivity index (χ3n) is 5.45. The molecule has 0 saturated carbocycles. The number of aryl methyl sites for hydroxylation is 1. The summed E-state index contributed by atoms with van der Waals surface area (Å²) in [6, 6.07) is 10.6. The minimum Gasteiger partial charge on any atom is -0.870 e. The summed E-state index contributed by atoms with van der Waals surface area (Å²) < 4.78 is 38.2. The Morgan fingerprint density at radius 2 is 1.38 bits per heavy atom. The Morgan fingerprint density at radius 1 is 0.812 bits per heavy atom. The molecule has 7 heteroatoms. The van der Waals surface area contributed by atoms with Crippen molar-refractivity contribution in [2.75, 3.05) is 0 Å². The molecule has 0 spiro atoms. The molecule has 1 N–H and O–H groups in total. The van der Waals surface area contributed by atoms with Gasteiger partial charge in [-0.2, -0.15) is 8.42 Å². The minimum atomic E-state index is -4.29. The van der Waals surface area contributed by atoms with Gasteiger partial charge in [0.15, 0.2) is 0 Å². The van der Waals surface area contributed by atoms with Crippen LogP contribution in [-0.2, 0) is 16.5 Å². The summed E-state index contributed by atoms with van der Waals surface area (Å²) in [6.07, 6.45) is 14.1. The van der Waals surface area contributed by atoms with Gasteiger partial charge < -0.3 is 9.84 Å². The Kier molecular flexibility index (Phi) is 15.0. The van der Waals surface area contributed by atoms with Crippen LogP contribution in [0.2, 0.25) is 0 Å². The van der Waals surface area contributed by atoms with Crippen molar-refractivity contribution in [1.82, 2.24) is 0 Å². The van der Waals surface area contributed by atoms with Gasteiger partial charge >= 0.3 is 51.4 Å². The summed E-state index contributed by atoms with van der Waals surface area (Å²) in [5.41, 5.74) is 0.675. The molecule has 2 aromatic carbocycles. The van der Waals surface area contributed by atoms with Crippen molar-refractivity contribution in [3.63, 3.8) is 0 Å². The van der Waals surface area contributed by atoms with Crippen LogP contribution in [0, 0.1) is 0 Å². The number of para-hydroxylation sites is 2. The molecule has 0 heterocycles. The molecule has 0 bridgehead atoms. The molecule has 32 heavy (non-hydrogen) atoms. The molecule has 0 aliphatic carbocycles. The molecule has 0 saturated heterocycles. The van der Waals surface area contributed by atoms with E-state index in [1.165, 1.54) is 75.6 Å². The molecule has 2 aromatic rings. The van der Waals surface area contributed by atoms with Crippen LogP contribution in [0.15, 0.2) is 47.4 Å². The maximum absolute atomic E-state index is 12.0. The Hall–Kier alpha value is -0.414. The van der Waals surface area contributed by atoms with Crippen LogP contribution < -0.4 is 61.2 Å². The number of ether oxygens (including phenoxy) is 1. The van der Waals surface area contributed by atoms with E-state index >= 15 is 0 Å². The summed E-state index contributed by atoms with van der Waals surface area (Å²) in [5, 5.41) is 12.0. The smallest absolute Gasteiger partial charge is 0.870 e. The molecule has 0 unspecified atom stereocenters. The van der Waals surface area contributed by atoms with Crippen LogP contribution in [0.4, 0.5) is 0 Å². The largest absolute Gasteiger partial charge is 1.00 e. The van der Waals surface area contributed by atoms with E-state index in [2.05, 4.69) is 6.92 Å². The second-order valence-corrected chi connectivity index (χ2v) is 9.50. The molecule has 0 radical (unpaired) electrons. The summed E-state index contributed by atoms with van der Waals surface area (Å²) in [7, 11) is -4.29. The molecule has 0 aliphatic rings. The first-order valence-electron chi connectivity index (χ1n) is 11.5. The van der Waals surface area contributed by atoms with Crippen LogP contribution >= 0.6 is 0 Å². The van der Waals surface area contributed by atoms with Crippen LogP contribution in [-0.4, -0.2) is 13.0 Å². The van der Waals surface area contributed by atoms with Crippen LogP contribution in [0.5, 0.6) is 17.2 Å². The van der Waals surface area contributed by atoms with E-state index < -0.39 is 10.1 Å². The molecule has 5 nitrogen and oxygen atoms in total. The van der Waals surface area contributed by atoms with Gasteiger partial charge in [-0.1, -0.05) is 95.1 Å². The second kappa shape index (κ2) is 16.3. The predicted molar refractivity (Wildman–Crippen MR) is 122 cm³/mol. The van der Waals surface area contributed by atoms with Crippen LogP contribution in [0.25, 0.3) is 0 Å². The molecule has 0 atom stereocenters. The van der Waals surface area contributed by atoms with Gasteiger partial charge in [0, 0.05) is 0 Å².